The van der Waals surface area contributed by atoms with Crippen molar-refractivity contribution in [1.82, 2.24) is 0 Å². The summed E-state index contributed by atoms with van der Waals surface area (Å²) < 4.78 is 12.2. The Hall–Kier alpha value is -1.86. The molecule has 0 atom stereocenters. The molecule has 2 aliphatic rings. The van der Waals surface area contributed by atoms with Crippen LogP contribution in [0.4, 0.5) is 11.4 Å². The molecule has 1 saturated heterocycles. The van der Waals surface area contributed by atoms with E-state index < -0.39 is 0 Å². The first kappa shape index (κ1) is 17.0. The molecule has 128 valence electrons. The van der Waals surface area contributed by atoms with Crippen molar-refractivity contribution in [3.05, 3.63) is 45.9 Å². The number of non-ortho nitro benzene ring substituents is 1. The highest BCUT2D eigenvalue weighted by molar-refractivity contribution is 6.54. The smallest absolute Gasteiger partial charge is 0.400 e. The summed E-state index contributed by atoms with van der Waals surface area (Å²) in [7, 11) is -0.283. The fourth-order valence-corrected chi connectivity index (χ4v) is 2.91. The van der Waals surface area contributed by atoms with E-state index in [0.717, 1.165) is 25.2 Å². The Morgan fingerprint density at radius 2 is 1.71 bits per heavy atom. The molecule has 0 amide bonds. The van der Waals surface area contributed by atoms with Crippen LogP contribution in [-0.4, -0.2) is 36.3 Å². The van der Waals surface area contributed by atoms with E-state index in [1.807, 2.05) is 0 Å². The number of rotatable bonds is 3. The second-order valence-corrected chi connectivity index (χ2v) is 7.34. The summed E-state index contributed by atoms with van der Waals surface area (Å²) in [5.41, 5.74) is 1.63. The minimum Gasteiger partial charge on any atom is -0.400 e. The van der Waals surface area contributed by atoms with Gasteiger partial charge in [0.25, 0.3) is 5.69 Å². The monoisotopic (exact) mass is 330 g/mol. The molecule has 2 aliphatic heterocycles. The van der Waals surface area contributed by atoms with Crippen LogP contribution >= 0.6 is 0 Å². The summed E-state index contributed by atoms with van der Waals surface area (Å²) >= 11 is 0. The van der Waals surface area contributed by atoms with Crippen molar-refractivity contribution in [2.45, 2.75) is 45.3 Å². The topological polar surface area (TPSA) is 64.8 Å². The molecule has 0 radical (unpaired) electrons. The van der Waals surface area contributed by atoms with Crippen LogP contribution in [0.1, 0.15) is 34.1 Å². The number of hydrogen-bond donors (Lipinski definition) is 0. The number of nitro benzene ring substituents is 1. The lowest BCUT2D eigenvalue weighted by Gasteiger charge is -2.32. The molecule has 2 heterocycles. The molecular formula is C17H23BN2O4. The summed E-state index contributed by atoms with van der Waals surface area (Å²) in [6.07, 6.45) is 3.00. The second kappa shape index (κ2) is 5.90. The number of hydrogen-bond acceptors (Lipinski definition) is 5. The Kier molecular flexibility index (Phi) is 4.17. The zero-order chi connectivity index (χ0) is 17.5. The van der Waals surface area contributed by atoms with Gasteiger partial charge in [0, 0.05) is 30.9 Å². The molecule has 0 saturated carbocycles. The van der Waals surface area contributed by atoms with Gasteiger partial charge < -0.3 is 14.2 Å². The molecule has 6 nitrogen and oxygen atoms in total. The first-order chi connectivity index (χ1) is 11.2. The Bertz CT molecular complexity index is 654. The maximum Gasteiger partial charge on any atom is 0.490 e. The van der Waals surface area contributed by atoms with E-state index in [1.165, 1.54) is 5.47 Å². The fraction of sp³-hybridized carbons (Fsp3) is 0.529. The molecule has 0 unspecified atom stereocenters. The van der Waals surface area contributed by atoms with Crippen molar-refractivity contribution in [3.8, 4) is 0 Å². The number of anilines is 1. The Labute approximate surface area is 142 Å². The van der Waals surface area contributed by atoms with Gasteiger partial charge >= 0.3 is 7.12 Å². The quantitative estimate of drug-likeness (QED) is 0.483. The first-order valence-electron chi connectivity index (χ1n) is 8.23. The predicted molar refractivity (Wildman–Crippen MR) is 94.1 cm³/mol. The highest BCUT2D eigenvalue weighted by Gasteiger charge is 2.52. The molecule has 0 spiro atoms. The van der Waals surface area contributed by atoms with Crippen LogP contribution in [0.5, 0.6) is 0 Å². The van der Waals surface area contributed by atoms with E-state index in [0.29, 0.717) is 0 Å². The van der Waals surface area contributed by atoms with E-state index in [9.17, 15) is 10.1 Å². The predicted octanol–water partition coefficient (Wildman–Crippen LogP) is 3.36. The SMILES string of the molecule is CC1(C)OB(C2=CCN(c3ccc([N+](=O)[O-])cc3)CC2)OC1(C)C. The number of nitrogens with zero attached hydrogens (tertiary/aromatic N) is 2. The second-order valence-electron chi connectivity index (χ2n) is 7.34. The number of benzene rings is 1. The molecule has 1 aromatic carbocycles. The Balaban J connectivity index is 1.67. The van der Waals surface area contributed by atoms with E-state index in [1.54, 1.807) is 24.3 Å². The van der Waals surface area contributed by atoms with Gasteiger partial charge in [0.15, 0.2) is 0 Å². The van der Waals surface area contributed by atoms with Crippen molar-refractivity contribution in [3.63, 3.8) is 0 Å². The third kappa shape index (κ3) is 3.06. The normalized spacial score (nSPS) is 22.4. The third-order valence-electron chi connectivity index (χ3n) is 5.23. The van der Waals surface area contributed by atoms with E-state index in [4.69, 9.17) is 9.31 Å². The molecule has 0 aliphatic carbocycles. The standard InChI is InChI=1S/C17H23BN2O4/c1-16(2)17(3,4)24-18(23-16)13-9-11-19(12-10-13)14-5-7-15(8-6-14)20(21)22/h5-9H,10-12H2,1-4H3. The molecule has 0 aromatic heterocycles. The lowest BCUT2D eigenvalue weighted by Crippen LogP contribution is -2.41. The fourth-order valence-electron chi connectivity index (χ4n) is 2.91. The van der Waals surface area contributed by atoms with Crippen molar-refractivity contribution in [1.29, 1.82) is 0 Å². The molecule has 3 rings (SSSR count). The molecular weight excluding hydrogens is 307 g/mol. The molecule has 1 fully saturated rings. The van der Waals surface area contributed by atoms with Gasteiger partial charge in [-0.05, 0) is 51.7 Å². The molecule has 0 N–H and O–H groups in total. The summed E-state index contributed by atoms with van der Waals surface area (Å²) in [5.74, 6) is 0. The molecule has 24 heavy (non-hydrogen) atoms. The Morgan fingerprint density at radius 3 is 2.17 bits per heavy atom. The zero-order valence-corrected chi connectivity index (χ0v) is 14.6. The summed E-state index contributed by atoms with van der Waals surface area (Å²) in [4.78, 5) is 12.6. The minimum atomic E-state index is -0.379. The van der Waals surface area contributed by atoms with Crippen LogP contribution in [0.2, 0.25) is 0 Å². The van der Waals surface area contributed by atoms with Crippen LogP contribution in [0.3, 0.4) is 0 Å². The highest BCUT2D eigenvalue weighted by Crippen LogP contribution is 2.39. The van der Waals surface area contributed by atoms with E-state index in [-0.39, 0.29) is 28.9 Å². The van der Waals surface area contributed by atoms with Gasteiger partial charge in [-0.2, -0.15) is 0 Å². The van der Waals surface area contributed by atoms with Crippen molar-refractivity contribution in [2.75, 3.05) is 18.0 Å². The third-order valence-corrected chi connectivity index (χ3v) is 5.23. The van der Waals surface area contributed by atoms with Gasteiger partial charge in [-0.25, -0.2) is 0 Å². The van der Waals surface area contributed by atoms with Gasteiger partial charge in [0.05, 0.1) is 16.1 Å². The van der Waals surface area contributed by atoms with Gasteiger partial charge in [0.1, 0.15) is 0 Å². The maximum absolute atomic E-state index is 10.7. The van der Waals surface area contributed by atoms with Crippen molar-refractivity contribution < 1.29 is 14.2 Å². The average Bonchev–Trinajstić information content (AvgIpc) is 2.76. The maximum atomic E-state index is 10.7. The largest absolute Gasteiger partial charge is 0.490 e. The minimum absolute atomic E-state index is 0.115. The number of nitro groups is 1. The van der Waals surface area contributed by atoms with E-state index >= 15 is 0 Å². The summed E-state index contributed by atoms with van der Waals surface area (Å²) in [6.45, 7) is 9.81. The van der Waals surface area contributed by atoms with Gasteiger partial charge in [-0.3, -0.25) is 10.1 Å². The van der Waals surface area contributed by atoms with Crippen molar-refractivity contribution >= 4 is 18.5 Å². The molecule has 1 aromatic rings. The molecule has 7 heteroatoms. The lowest BCUT2D eigenvalue weighted by molar-refractivity contribution is -0.384. The van der Waals surface area contributed by atoms with Crippen LogP contribution in [-0.2, 0) is 9.31 Å². The Morgan fingerprint density at radius 1 is 1.12 bits per heavy atom. The van der Waals surface area contributed by atoms with Gasteiger partial charge in [-0.1, -0.05) is 6.08 Å². The zero-order valence-electron chi connectivity index (χ0n) is 14.6. The summed E-state index contributed by atoms with van der Waals surface area (Å²) in [6, 6.07) is 6.68. The summed E-state index contributed by atoms with van der Waals surface area (Å²) in [5, 5.41) is 10.7. The van der Waals surface area contributed by atoms with Crippen LogP contribution in [0, 0.1) is 10.1 Å². The lowest BCUT2D eigenvalue weighted by atomic mass is 9.74. The molecule has 0 bridgehead atoms. The van der Waals surface area contributed by atoms with E-state index in [2.05, 4.69) is 38.7 Å². The van der Waals surface area contributed by atoms with Gasteiger partial charge in [0.2, 0.25) is 0 Å². The highest BCUT2D eigenvalue weighted by atomic mass is 16.7. The average molecular weight is 330 g/mol. The van der Waals surface area contributed by atoms with Crippen LogP contribution < -0.4 is 4.90 Å². The van der Waals surface area contributed by atoms with Crippen LogP contribution in [0.25, 0.3) is 0 Å². The first-order valence-corrected chi connectivity index (χ1v) is 8.23. The van der Waals surface area contributed by atoms with Crippen LogP contribution in [0.15, 0.2) is 35.8 Å². The van der Waals surface area contributed by atoms with Crippen molar-refractivity contribution in [2.24, 2.45) is 0 Å². The van der Waals surface area contributed by atoms with Gasteiger partial charge in [-0.15, -0.1) is 0 Å².